The molecule has 0 aromatic heterocycles. The lowest BCUT2D eigenvalue weighted by molar-refractivity contribution is 0.0523. The van der Waals surface area contributed by atoms with E-state index in [9.17, 15) is 5.11 Å². The van der Waals surface area contributed by atoms with Crippen molar-refractivity contribution >= 4 is 0 Å². The SMILES string of the molecule is CCOCc1cc(CN2CCN(CCC(C)C)[C@H](CCO)C2)ccc1OC. The highest BCUT2D eigenvalue weighted by atomic mass is 16.5. The number of rotatable bonds is 11. The first-order valence-electron chi connectivity index (χ1n) is 10.4. The normalized spacial score (nSPS) is 19.0. The summed E-state index contributed by atoms with van der Waals surface area (Å²) >= 11 is 0. The predicted molar refractivity (Wildman–Crippen MR) is 110 cm³/mol. The van der Waals surface area contributed by atoms with Crippen molar-refractivity contribution in [1.29, 1.82) is 0 Å². The minimum Gasteiger partial charge on any atom is -0.496 e. The number of hydrogen-bond acceptors (Lipinski definition) is 5. The molecule has 1 aliphatic heterocycles. The van der Waals surface area contributed by atoms with Crippen molar-refractivity contribution in [1.82, 2.24) is 9.80 Å². The van der Waals surface area contributed by atoms with Gasteiger partial charge < -0.3 is 14.6 Å². The fourth-order valence-corrected chi connectivity index (χ4v) is 3.76. The second-order valence-corrected chi connectivity index (χ2v) is 7.90. The predicted octanol–water partition coefficient (Wildman–Crippen LogP) is 3.15. The van der Waals surface area contributed by atoms with Crippen molar-refractivity contribution in [3.05, 3.63) is 29.3 Å². The molecule has 1 aromatic rings. The summed E-state index contributed by atoms with van der Waals surface area (Å²) in [5.41, 5.74) is 2.41. The van der Waals surface area contributed by atoms with Gasteiger partial charge in [0.15, 0.2) is 0 Å². The molecule has 0 bridgehead atoms. The van der Waals surface area contributed by atoms with Crippen molar-refractivity contribution in [2.45, 2.75) is 52.8 Å². The van der Waals surface area contributed by atoms with Crippen LogP contribution >= 0.6 is 0 Å². The topological polar surface area (TPSA) is 45.2 Å². The average molecular weight is 379 g/mol. The van der Waals surface area contributed by atoms with Gasteiger partial charge in [0, 0.05) is 51.0 Å². The maximum absolute atomic E-state index is 9.49. The molecule has 154 valence electrons. The van der Waals surface area contributed by atoms with E-state index >= 15 is 0 Å². The Morgan fingerprint density at radius 2 is 2.07 bits per heavy atom. The Hall–Kier alpha value is -1.14. The zero-order valence-electron chi connectivity index (χ0n) is 17.6. The van der Waals surface area contributed by atoms with E-state index in [4.69, 9.17) is 9.47 Å². The van der Waals surface area contributed by atoms with Gasteiger partial charge in [0.05, 0.1) is 13.7 Å². The first kappa shape index (κ1) is 22.2. The zero-order chi connectivity index (χ0) is 19.6. The summed E-state index contributed by atoms with van der Waals surface area (Å²) in [5, 5.41) is 9.49. The van der Waals surface area contributed by atoms with Crippen LogP contribution in [0.5, 0.6) is 5.75 Å². The van der Waals surface area contributed by atoms with E-state index < -0.39 is 0 Å². The van der Waals surface area contributed by atoms with Crippen molar-refractivity contribution in [2.75, 3.05) is 46.5 Å². The van der Waals surface area contributed by atoms with E-state index in [1.807, 2.05) is 13.0 Å². The molecule has 0 aliphatic carbocycles. The number of hydrogen-bond donors (Lipinski definition) is 1. The fraction of sp³-hybridized carbons (Fsp3) is 0.727. The van der Waals surface area contributed by atoms with E-state index in [1.54, 1.807) is 7.11 Å². The Labute approximate surface area is 165 Å². The van der Waals surface area contributed by atoms with Gasteiger partial charge in [0.25, 0.3) is 0 Å². The molecule has 1 aliphatic rings. The maximum atomic E-state index is 9.49. The molecular weight excluding hydrogens is 340 g/mol. The molecule has 5 heteroatoms. The maximum Gasteiger partial charge on any atom is 0.124 e. The van der Waals surface area contributed by atoms with Crippen molar-refractivity contribution in [3.63, 3.8) is 0 Å². The van der Waals surface area contributed by atoms with E-state index in [-0.39, 0.29) is 6.61 Å². The summed E-state index contributed by atoms with van der Waals surface area (Å²) in [6.45, 7) is 13.4. The summed E-state index contributed by atoms with van der Waals surface area (Å²) in [4.78, 5) is 5.08. The molecule has 0 saturated carbocycles. The number of ether oxygens (including phenoxy) is 2. The number of benzene rings is 1. The van der Waals surface area contributed by atoms with Crippen LogP contribution < -0.4 is 4.74 Å². The molecule has 0 radical (unpaired) electrons. The summed E-state index contributed by atoms with van der Waals surface area (Å²) in [5.74, 6) is 1.62. The van der Waals surface area contributed by atoms with Crippen LogP contribution in [0.1, 0.15) is 44.7 Å². The van der Waals surface area contributed by atoms with Crippen molar-refractivity contribution in [2.24, 2.45) is 5.92 Å². The number of piperazine rings is 1. The van der Waals surface area contributed by atoms with Crippen LogP contribution in [0.15, 0.2) is 18.2 Å². The molecule has 1 aromatic carbocycles. The van der Waals surface area contributed by atoms with E-state index in [2.05, 4.69) is 35.8 Å². The minimum atomic E-state index is 0.262. The van der Waals surface area contributed by atoms with Crippen LogP contribution in [-0.4, -0.2) is 67.5 Å². The van der Waals surface area contributed by atoms with Gasteiger partial charge in [0.1, 0.15) is 5.75 Å². The Kier molecular flexibility index (Phi) is 9.56. The molecule has 1 N–H and O–H groups in total. The van der Waals surface area contributed by atoms with E-state index in [0.717, 1.165) is 56.4 Å². The Bertz CT molecular complexity index is 550. The molecule has 1 atom stereocenters. The van der Waals surface area contributed by atoms with Crippen molar-refractivity contribution < 1.29 is 14.6 Å². The van der Waals surface area contributed by atoms with Crippen molar-refractivity contribution in [3.8, 4) is 5.75 Å². The summed E-state index contributed by atoms with van der Waals surface area (Å²) in [6.07, 6.45) is 2.08. The smallest absolute Gasteiger partial charge is 0.124 e. The highest BCUT2D eigenvalue weighted by molar-refractivity contribution is 5.37. The van der Waals surface area contributed by atoms with Gasteiger partial charge >= 0.3 is 0 Å². The fourth-order valence-electron chi connectivity index (χ4n) is 3.76. The lowest BCUT2D eigenvalue weighted by atomic mass is 10.0. The highest BCUT2D eigenvalue weighted by Gasteiger charge is 2.26. The molecule has 0 spiro atoms. The Morgan fingerprint density at radius 1 is 1.26 bits per heavy atom. The van der Waals surface area contributed by atoms with E-state index in [0.29, 0.717) is 19.3 Å². The first-order chi connectivity index (χ1) is 13.1. The van der Waals surface area contributed by atoms with Gasteiger partial charge in [-0.3, -0.25) is 9.80 Å². The molecule has 0 amide bonds. The van der Waals surface area contributed by atoms with Crippen LogP contribution in [0.3, 0.4) is 0 Å². The molecule has 5 nitrogen and oxygen atoms in total. The minimum absolute atomic E-state index is 0.262. The summed E-state index contributed by atoms with van der Waals surface area (Å²) in [7, 11) is 1.71. The molecule has 0 unspecified atom stereocenters. The quantitative estimate of drug-likeness (QED) is 0.641. The van der Waals surface area contributed by atoms with Crippen LogP contribution in [0.2, 0.25) is 0 Å². The number of aliphatic hydroxyl groups excluding tert-OH is 1. The van der Waals surface area contributed by atoms with E-state index in [1.165, 1.54) is 12.0 Å². The van der Waals surface area contributed by atoms with Crippen LogP contribution in [-0.2, 0) is 17.9 Å². The third-order valence-electron chi connectivity index (χ3n) is 5.36. The Balaban J connectivity index is 1.98. The second-order valence-electron chi connectivity index (χ2n) is 7.90. The average Bonchev–Trinajstić information content (AvgIpc) is 2.66. The number of methoxy groups -OCH3 is 1. The standard InChI is InChI=1S/C22H38N2O3/c1-5-27-17-20-14-19(6-7-22(20)26-4)15-23-11-12-24(10-8-18(2)3)21(16-23)9-13-25/h6-7,14,18,21,25H,5,8-13,15-17H2,1-4H3/t21-/m1/s1. The van der Waals surface area contributed by atoms with Crippen LogP contribution in [0.4, 0.5) is 0 Å². The van der Waals surface area contributed by atoms with Gasteiger partial charge in [-0.15, -0.1) is 0 Å². The van der Waals surface area contributed by atoms with Gasteiger partial charge in [-0.2, -0.15) is 0 Å². The van der Waals surface area contributed by atoms with Gasteiger partial charge in [-0.05, 0) is 49.9 Å². The molecule has 27 heavy (non-hydrogen) atoms. The van der Waals surface area contributed by atoms with Gasteiger partial charge in [0.2, 0.25) is 0 Å². The molecule has 2 rings (SSSR count). The molecular formula is C22H38N2O3. The second kappa shape index (κ2) is 11.6. The summed E-state index contributed by atoms with van der Waals surface area (Å²) in [6, 6.07) is 6.86. The lowest BCUT2D eigenvalue weighted by Gasteiger charge is -2.41. The monoisotopic (exact) mass is 378 g/mol. The molecule has 1 saturated heterocycles. The molecule has 1 fully saturated rings. The third-order valence-corrected chi connectivity index (χ3v) is 5.36. The Morgan fingerprint density at radius 3 is 2.74 bits per heavy atom. The highest BCUT2D eigenvalue weighted by Crippen LogP contribution is 2.23. The summed E-state index contributed by atoms with van der Waals surface area (Å²) < 4.78 is 11.1. The first-order valence-corrected chi connectivity index (χ1v) is 10.4. The largest absolute Gasteiger partial charge is 0.496 e. The van der Waals surface area contributed by atoms with Crippen LogP contribution in [0.25, 0.3) is 0 Å². The zero-order valence-corrected chi connectivity index (χ0v) is 17.6. The lowest BCUT2D eigenvalue weighted by Crippen LogP contribution is -2.53. The number of nitrogens with zero attached hydrogens (tertiary/aromatic N) is 2. The third kappa shape index (κ3) is 7.07. The van der Waals surface area contributed by atoms with Crippen LogP contribution in [0, 0.1) is 5.92 Å². The number of aliphatic hydroxyl groups is 1. The van der Waals surface area contributed by atoms with Gasteiger partial charge in [-0.1, -0.05) is 19.9 Å². The molecule has 1 heterocycles. The van der Waals surface area contributed by atoms with Gasteiger partial charge in [-0.25, -0.2) is 0 Å².